The van der Waals surface area contributed by atoms with Crippen molar-refractivity contribution in [2.75, 3.05) is 12.8 Å². The average molecular weight is 686 g/mol. The van der Waals surface area contributed by atoms with Crippen LogP contribution >= 0.6 is 11.6 Å². The zero-order valence-electron chi connectivity index (χ0n) is 27.8. The summed E-state index contributed by atoms with van der Waals surface area (Å²) >= 11 is 6.23. The molecule has 3 aromatic carbocycles. The number of nitrogens with zero attached hydrogens (tertiary/aromatic N) is 4. The fraction of sp³-hybridized carbons (Fsp3) is 0.361. The first-order valence-electron chi connectivity index (χ1n) is 16.0. The number of aliphatic hydroxyl groups is 1. The second-order valence-corrected chi connectivity index (χ2v) is 19.1. The topological polar surface area (TPSA) is 127 Å². The van der Waals surface area contributed by atoms with Crippen molar-refractivity contribution in [2.24, 2.45) is 0 Å². The Kier molecular flexibility index (Phi) is 7.93. The Morgan fingerprint density at radius 2 is 1.48 bits per heavy atom. The van der Waals surface area contributed by atoms with E-state index in [0.29, 0.717) is 11.2 Å². The number of aromatic nitrogens is 4. The Morgan fingerprint density at radius 3 is 2.04 bits per heavy atom. The van der Waals surface area contributed by atoms with E-state index < -0.39 is 44.1 Å². The van der Waals surface area contributed by atoms with Gasteiger partial charge in [-0.1, -0.05) is 93.6 Å². The van der Waals surface area contributed by atoms with Crippen LogP contribution in [0.5, 0.6) is 5.75 Å². The van der Waals surface area contributed by atoms with Crippen molar-refractivity contribution in [1.29, 1.82) is 0 Å². The minimum atomic E-state index is -2.49. The minimum Gasteiger partial charge on any atom is -0.497 e. The van der Waals surface area contributed by atoms with Crippen LogP contribution in [0.2, 0.25) is 23.4 Å². The number of nitrogen functional groups attached to an aromatic ring is 1. The number of hydrogen-bond donors (Lipinski definition) is 2. The lowest BCUT2D eigenvalue weighted by Gasteiger charge is -2.42. The molecule has 2 fully saturated rings. The van der Waals surface area contributed by atoms with Gasteiger partial charge in [0.15, 0.2) is 31.6 Å². The molecule has 1 aliphatic carbocycles. The highest BCUT2D eigenvalue weighted by molar-refractivity contribution is 6.74. The van der Waals surface area contributed by atoms with E-state index in [-0.39, 0.29) is 16.1 Å². The van der Waals surface area contributed by atoms with Gasteiger partial charge in [0.25, 0.3) is 0 Å². The lowest BCUT2D eigenvalue weighted by atomic mass is 9.80. The molecular weight excluding hydrogens is 646 g/mol. The SMILES string of the molecule is COc1ccc(C(OC2[C@H]3O[C@@H](n4cnc5c(N)nc(Cl)nc54)C(O[Si](C)(C)C(C)(C)C)[C@@]23O)(c2ccccc2)c2ccccc2)cc1. The summed E-state index contributed by atoms with van der Waals surface area (Å²) in [5, 5.41) is 12.6. The van der Waals surface area contributed by atoms with Crippen LogP contribution in [0.25, 0.3) is 11.2 Å². The molecule has 1 aliphatic heterocycles. The predicted molar refractivity (Wildman–Crippen MR) is 186 cm³/mol. The fourth-order valence-corrected chi connectivity index (χ4v) is 7.93. The van der Waals surface area contributed by atoms with Crippen molar-refractivity contribution in [2.45, 2.75) is 74.6 Å². The number of methoxy groups -OCH3 is 1. The summed E-state index contributed by atoms with van der Waals surface area (Å²) in [6.07, 6.45) is -1.52. The molecule has 48 heavy (non-hydrogen) atoms. The van der Waals surface area contributed by atoms with E-state index in [1.54, 1.807) is 18.0 Å². The van der Waals surface area contributed by atoms with Gasteiger partial charge in [-0.2, -0.15) is 9.97 Å². The molecule has 5 atom stereocenters. The second-order valence-electron chi connectivity index (χ2n) is 14.0. The molecule has 250 valence electrons. The van der Waals surface area contributed by atoms with E-state index in [9.17, 15) is 5.11 Å². The molecule has 0 amide bonds. The zero-order valence-corrected chi connectivity index (χ0v) is 29.5. The number of ether oxygens (including phenoxy) is 3. The molecule has 0 bridgehead atoms. The normalized spacial score (nSPS) is 24.1. The van der Waals surface area contributed by atoms with Gasteiger partial charge in [0.1, 0.15) is 35.2 Å². The third-order valence-corrected chi connectivity index (χ3v) is 14.8. The van der Waals surface area contributed by atoms with Crippen LogP contribution in [0.15, 0.2) is 91.3 Å². The van der Waals surface area contributed by atoms with Gasteiger partial charge in [0.05, 0.1) is 13.4 Å². The molecule has 3 N–H and O–H groups in total. The highest BCUT2D eigenvalue weighted by atomic mass is 35.5. The standard InChI is InChI=1S/C36H40ClN5O5Si/c1-34(2,3)48(5,6)47-29-32(42-21-39-26-30(38)40-33(37)41-31(26)42)45-27-28(35(27,29)43)46-36(22-13-9-7-10-14-22,23-15-11-8-12-16-23)24-17-19-25(44-4)20-18-24/h7-21,27-29,32,43H,1-6H3,(H2,38,40,41)/t27-,28?,29?,32-,35+/m1/s1. The van der Waals surface area contributed by atoms with Crippen LogP contribution in [-0.4, -0.2) is 64.0 Å². The first kappa shape index (κ1) is 32.7. The number of halogens is 1. The third-order valence-electron chi connectivity index (χ3n) is 10.2. The number of nitrogens with two attached hydrogens (primary N) is 1. The van der Waals surface area contributed by atoms with E-state index in [2.05, 4.69) is 48.8 Å². The van der Waals surface area contributed by atoms with Gasteiger partial charge in [-0.05, 0) is 58.6 Å². The Bertz CT molecular complexity index is 1900. The van der Waals surface area contributed by atoms with Gasteiger partial charge >= 0.3 is 0 Å². The Balaban J connectivity index is 1.36. The molecular formula is C36H40ClN5O5Si. The minimum absolute atomic E-state index is 0.0123. The van der Waals surface area contributed by atoms with Crippen LogP contribution in [0.1, 0.15) is 43.7 Å². The number of rotatable bonds is 9. The van der Waals surface area contributed by atoms with Gasteiger partial charge in [0, 0.05) is 0 Å². The maximum Gasteiger partial charge on any atom is 0.226 e. The number of hydrogen-bond acceptors (Lipinski definition) is 9. The van der Waals surface area contributed by atoms with Crippen molar-refractivity contribution in [3.8, 4) is 5.75 Å². The number of fused-ring (bicyclic) bond motifs is 2. The second kappa shape index (κ2) is 11.6. The van der Waals surface area contributed by atoms with E-state index >= 15 is 0 Å². The summed E-state index contributed by atoms with van der Waals surface area (Å²) in [6.45, 7) is 10.8. The molecule has 2 unspecified atom stereocenters. The summed E-state index contributed by atoms with van der Waals surface area (Å²) < 4.78 is 28.3. The molecule has 2 aromatic heterocycles. The van der Waals surface area contributed by atoms with Crippen LogP contribution in [0, 0.1) is 0 Å². The summed E-state index contributed by atoms with van der Waals surface area (Å²) in [7, 11) is -0.852. The quantitative estimate of drug-likeness (QED) is 0.102. The predicted octanol–water partition coefficient (Wildman–Crippen LogP) is 6.48. The van der Waals surface area contributed by atoms with E-state index in [0.717, 1.165) is 22.4 Å². The van der Waals surface area contributed by atoms with Crippen LogP contribution in [0.4, 0.5) is 5.82 Å². The van der Waals surface area contributed by atoms with Crippen LogP contribution in [-0.2, 0) is 19.5 Å². The lowest BCUT2D eigenvalue weighted by molar-refractivity contribution is -0.128. The largest absolute Gasteiger partial charge is 0.497 e. The van der Waals surface area contributed by atoms with Crippen molar-refractivity contribution >= 4 is 36.9 Å². The zero-order chi connectivity index (χ0) is 34.1. The van der Waals surface area contributed by atoms with E-state index in [4.69, 9.17) is 36.0 Å². The smallest absolute Gasteiger partial charge is 0.226 e. The maximum absolute atomic E-state index is 12.8. The summed E-state index contributed by atoms with van der Waals surface area (Å²) in [6, 6.07) is 27.9. The first-order valence-corrected chi connectivity index (χ1v) is 19.2. The third kappa shape index (κ3) is 5.11. The van der Waals surface area contributed by atoms with Gasteiger partial charge in [-0.15, -0.1) is 0 Å². The average Bonchev–Trinajstić information content (AvgIpc) is 3.29. The van der Waals surface area contributed by atoms with Crippen molar-refractivity contribution in [3.63, 3.8) is 0 Å². The molecule has 0 radical (unpaired) electrons. The van der Waals surface area contributed by atoms with Crippen LogP contribution in [0.3, 0.4) is 0 Å². The van der Waals surface area contributed by atoms with Gasteiger partial charge in [0.2, 0.25) is 5.28 Å². The summed E-state index contributed by atoms with van der Waals surface area (Å²) in [4.78, 5) is 12.9. The molecule has 1 saturated carbocycles. The molecule has 7 rings (SSSR count). The maximum atomic E-state index is 12.8. The molecule has 1 saturated heterocycles. The van der Waals surface area contributed by atoms with Gasteiger partial charge < -0.3 is 29.5 Å². The van der Waals surface area contributed by atoms with Crippen molar-refractivity contribution in [1.82, 2.24) is 19.5 Å². The molecule has 2 aliphatic rings. The lowest BCUT2D eigenvalue weighted by Crippen LogP contribution is -2.51. The monoisotopic (exact) mass is 685 g/mol. The molecule has 5 aromatic rings. The highest BCUT2D eigenvalue weighted by Crippen LogP contribution is 2.61. The fourth-order valence-electron chi connectivity index (χ4n) is 6.46. The summed E-state index contributed by atoms with van der Waals surface area (Å²) in [5.41, 5.74) is 6.97. The molecule has 10 nitrogen and oxygen atoms in total. The molecule has 0 spiro atoms. The number of anilines is 1. The van der Waals surface area contributed by atoms with E-state index in [1.165, 1.54) is 0 Å². The Morgan fingerprint density at radius 1 is 0.896 bits per heavy atom. The Labute approximate surface area is 285 Å². The highest BCUT2D eigenvalue weighted by Gasteiger charge is 2.80. The molecule has 3 heterocycles. The summed E-state index contributed by atoms with van der Waals surface area (Å²) in [5.74, 6) is 0.880. The Hall–Kier alpha value is -3.84. The number of imidazole rings is 1. The van der Waals surface area contributed by atoms with Gasteiger partial charge in [-0.25, -0.2) is 4.98 Å². The molecule has 12 heteroatoms. The van der Waals surface area contributed by atoms with Crippen molar-refractivity contribution in [3.05, 3.63) is 113 Å². The van der Waals surface area contributed by atoms with Crippen molar-refractivity contribution < 1.29 is 23.7 Å². The van der Waals surface area contributed by atoms with E-state index in [1.807, 2.05) is 84.9 Å². The van der Waals surface area contributed by atoms with Gasteiger partial charge in [-0.3, -0.25) is 4.57 Å². The van der Waals surface area contributed by atoms with Crippen LogP contribution < -0.4 is 10.5 Å². The number of benzene rings is 3. The first-order chi connectivity index (χ1) is 22.8.